The second-order valence-corrected chi connectivity index (χ2v) is 6.03. The lowest BCUT2D eigenvalue weighted by molar-refractivity contribution is 0.247. The van der Waals surface area contributed by atoms with Gasteiger partial charge in [0, 0.05) is 31.4 Å². The van der Waals surface area contributed by atoms with E-state index in [1.54, 1.807) is 7.11 Å². The molecule has 1 unspecified atom stereocenters. The van der Waals surface area contributed by atoms with Gasteiger partial charge in [0.1, 0.15) is 5.75 Å². The van der Waals surface area contributed by atoms with Crippen LogP contribution in [0.25, 0.3) is 0 Å². The third-order valence-electron chi connectivity index (χ3n) is 4.20. The first kappa shape index (κ1) is 16.3. The van der Waals surface area contributed by atoms with E-state index in [2.05, 4.69) is 39.8 Å². The van der Waals surface area contributed by atoms with Gasteiger partial charge in [0.05, 0.1) is 7.11 Å². The Bertz CT molecular complexity index is 658. The van der Waals surface area contributed by atoms with Crippen LogP contribution in [0.4, 0.5) is 10.5 Å². The maximum Gasteiger partial charge on any atom is 0.319 e. The topological polar surface area (TPSA) is 53.6 Å². The van der Waals surface area contributed by atoms with Gasteiger partial charge in [-0.2, -0.15) is 0 Å². The van der Waals surface area contributed by atoms with Gasteiger partial charge in [0.2, 0.25) is 0 Å². The van der Waals surface area contributed by atoms with Crippen molar-refractivity contribution in [3.63, 3.8) is 0 Å². The molecule has 1 aliphatic rings. The molecule has 0 saturated carbocycles. The summed E-state index contributed by atoms with van der Waals surface area (Å²) < 4.78 is 5.11. The number of benzene rings is 2. The van der Waals surface area contributed by atoms with Crippen molar-refractivity contribution in [3.8, 4) is 5.75 Å². The van der Waals surface area contributed by atoms with Gasteiger partial charge >= 0.3 is 6.03 Å². The number of carbonyl (C=O) groups excluding carboxylic acids is 1. The number of nitrogens with zero attached hydrogens (tertiary/aromatic N) is 1. The van der Waals surface area contributed by atoms with Gasteiger partial charge in [0.15, 0.2) is 0 Å². The highest BCUT2D eigenvalue weighted by Gasteiger charge is 2.23. The van der Waals surface area contributed by atoms with E-state index in [-0.39, 0.29) is 12.1 Å². The smallest absolute Gasteiger partial charge is 0.319 e. The van der Waals surface area contributed by atoms with Crippen LogP contribution in [-0.2, 0) is 6.54 Å². The van der Waals surface area contributed by atoms with Crippen LogP contribution >= 0.6 is 0 Å². The highest BCUT2D eigenvalue weighted by Crippen LogP contribution is 2.16. The molecule has 0 spiro atoms. The monoisotopic (exact) mass is 325 g/mol. The van der Waals surface area contributed by atoms with Gasteiger partial charge in [-0.15, -0.1) is 0 Å². The van der Waals surface area contributed by atoms with Crippen LogP contribution in [0.1, 0.15) is 12.0 Å². The standard InChI is InChI=1S/C19H23N3O2/c1-24-18-9-7-16(8-10-18)20-19(23)21-17-11-12-22(14-17)13-15-5-3-2-4-6-15/h2-10,17H,11-14H2,1H3,(H2,20,21,23). The van der Waals surface area contributed by atoms with E-state index in [0.29, 0.717) is 0 Å². The summed E-state index contributed by atoms with van der Waals surface area (Å²) in [6.45, 7) is 2.81. The van der Waals surface area contributed by atoms with Gasteiger partial charge in [-0.1, -0.05) is 30.3 Å². The van der Waals surface area contributed by atoms with Gasteiger partial charge in [-0.05, 0) is 36.2 Å². The van der Waals surface area contributed by atoms with Crippen LogP contribution in [-0.4, -0.2) is 37.2 Å². The largest absolute Gasteiger partial charge is 0.497 e. The molecule has 2 aromatic rings. The number of amides is 2. The molecule has 0 bridgehead atoms. The second-order valence-electron chi connectivity index (χ2n) is 6.03. The lowest BCUT2D eigenvalue weighted by atomic mass is 10.2. The molecule has 126 valence electrons. The first-order chi connectivity index (χ1) is 11.7. The first-order valence-corrected chi connectivity index (χ1v) is 8.21. The second kappa shape index (κ2) is 7.84. The Morgan fingerprint density at radius 1 is 1.17 bits per heavy atom. The molecule has 1 aliphatic heterocycles. The fraction of sp³-hybridized carbons (Fsp3) is 0.316. The van der Waals surface area contributed by atoms with E-state index < -0.39 is 0 Å². The van der Waals surface area contributed by atoms with E-state index >= 15 is 0 Å². The number of anilines is 1. The Morgan fingerprint density at radius 3 is 2.62 bits per heavy atom. The van der Waals surface area contributed by atoms with Crippen molar-refractivity contribution in [1.82, 2.24) is 10.2 Å². The van der Waals surface area contributed by atoms with Gasteiger partial charge in [-0.3, -0.25) is 4.90 Å². The molecule has 3 rings (SSSR count). The zero-order valence-electron chi connectivity index (χ0n) is 13.9. The van der Waals surface area contributed by atoms with E-state index in [0.717, 1.165) is 37.5 Å². The van der Waals surface area contributed by atoms with Crippen molar-refractivity contribution in [2.45, 2.75) is 19.0 Å². The average Bonchev–Trinajstić information content (AvgIpc) is 3.03. The molecule has 5 nitrogen and oxygen atoms in total. The van der Waals surface area contributed by atoms with Crippen LogP contribution in [0, 0.1) is 0 Å². The van der Waals surface area contributed by atoms with Crippen molar-refractivity contribution in [2.75, 3.05) is 25.5 Å². The number of methoxy groups -OCH3 is 1. The number of rotatable bonds is 5. The molecule has 5 heteroatoms. The molecule has 2 N–H and O–H groups in total. The van der Waals surface area contributed by atoms with Crippen molar-refractivity contribution in [1.29, 1.82) is 0 Å². The number of urea groups is 1. The van der Waals surface area contributed by atoms with Crippen molar-refractivity contribution in [2.24, 2.45) is 0 Å². The summed E-state index contributed by atoms with van der Waals surface area (Å²) >= 11 is 0. The number of carbonyl (C=O) groups is 1. The van der Waals surface area contributed by atoms with Gasteiger partial charge < -0.3 is 15.4 Å². The molecule has 24 heavy (non-hydrogen) atoms. The minimum Gasteiger partial charge on any atom is -0.497 e. The fourth-order valence-corrected chi connectivity index (χ4v) is 2.96. The number of hydrogen-bond acceptors (Lipinski definition) is 3. The Kier molecular flexibility index (Phi) is 5.33. The predicted molar refractivity (Wildman–Crippen MR) is 95.3 cm³/mol. The molecule has 0 aliphatic carbocycles. The summed E-state index contributed by atoms with van der Waals surface area (Å²) in [6.07, 6.45) is 0.975. The van der Waals surface area contributed by atoms with Crippen molar-refractivity contribution in [3.05, 3.63) is 60.2 Å². The van der Waals surface area contributed by atoms with Crippen LogP contribution in [0.2, 0.25) is 0 Å². The number of nitrogens with one attached hydrogen (secondary N) is 2. The summed E-state index contributed by atoms with van der Waals surface area (Å²) in [5.74, 6) is 0.772. The molecule has 1 saturated heterocycles. The van der Waals surface area contributed by atoms with Crippen LogP contribution in [0.3, 0.4) is 0 Å². The molecule has 0 aromatic heterocycles. The highest BCUT2D eigenvalue weighted by molar-refractivity contribution is 5.89. The van der Waals surface area contributed by atoms with E-state index in [4.69, 9.17) is 4.74 Å². The Morgan fingerprint density at radius 2 is 1.92 bits per heavy atom. The summed E-state index contributed by atoms with van der Waals surface area (Å²) in [5, 5.41) is 5.91. The molecular weight excluding hydrogens is 302 g/mol. The van der Waals surface area contributed by atoms with Crippen LogP contribution in [0.15, 0.2) is 54.6 Å². The van der Waals surface area contributed by atoms with E-state index in [1.165, 1.54) is 5.56 Å². The maximum absolute atomic E-state index is 12.1. The van der Waals surface area contributed by atoms with E-state index in [9.17, 15) is 4.79 Å². The Balaban J connectivity index is 1.45. The third-order valence-corrected chi connectivity index (χ3v) is 4.20. The number of hydrogen-bond donors (Lipinski definition) is 2. The van der Waals surface area contributed by atoms with Gasteiger partial charge in [-0.25, -0.2) is 4.79 Å². The maximum atomic E-state index is 12.1. The molecule has 2 aromatic carbocycles. The number of ether oxygens (including phenoxy) is 1. The molecule has 0 radical (unpaired) electrons. The van der Waals surface area contributed by atoms with Gasteiger partial charge in [0.25, 0.3) is 0 Å². The molecule has 2 amide bonds. The lowest BCUT2D eigenvalue weighted by Crippen LogP contribution is -2.39. The third kappa shape index (κ3) is 4.49. The van der Waals surface area contributed by atoms with Crippen LogP contribution in [0.5, 0.6) is 5.75 Å². The van der Waals surface area contributed by atoms with Crippen molar-refractivity contribution >= 4 is 11.7 Å². The summed E-state index contributed by atoms with van der Waals surface area (Å²) in [5.41, 5.74) is 2.06. The summed E-state index contributed by atoms with van der Waals surface area (Å²) in [4.78, 5) is 14.5. The van der Waals surface area contributed by atoms with E-state index in [1.807, 2.05) is 30.3 Å². The molecule has 1 heterocycles. The predicted octanol–water partition coefficient (Wildman–Crippen LogP) is 3.09. The SMILES string of the molecule is COc1ccc(NC(=O)NC2CCN(Cc3ccccc3)C2)cc1. The first-order valence-electron chi connectivity index (χ1n) is 8.21. The normalized spacial score (nSPS) is 17.5. The fourth-order valence-electron chi connectivity index (χ4n) is 2.96. The molecular formula is C19H23N3O2. The molecule has 1 fully saturated rings. The zero-order chi connectivity index (χ0) is 16.8. The minimum atomic E-state index is -0.160. The zero-order valence-corrected chi connectivity index (χ0v) is 13.9. The Hall–Kier alpha value is -2.53. The Labute approximate surface area is 142 Å². The quantitative estimate of drug-likeness (QED) is 0.888. The number of likely N-dealkylation sites (tertiary alicyclic amines) is 1. The summed E-state index contributed by atoms with van der Waals surface area (Å²) in [6, 6.07) is 17.8. The molecule has 1 atom stereocenters. The lowest BCUT2D eigenvalue weighted by Gasteiger charge is -2.17. The highest BCUT2D eigenvalue weighted by atomic mass is 16.5. The van der Waals surface area contributed by atoms with Crippen molar-refractivity contribution < 1.29 is 9.53 Å². The summed E-state index contributed by atoms with van der Waals surface area (Å²) in [7, 11) is 1.62. The minimum absolute atomic E-state index is 0.160. The van der Waals surface area contributed by atoms with Crippen LogP contribution < -0.4 is 15.4 Å². The average molecular weight is 325 g/mol.